The van der Waals surface area contributed by atoms with Crippen molar-refractivity contribution in [2.24, 2.45) is 0 Å². The van der Waals surface area contributed by atoms with E-state index < -0.39 is 0 Å². The second-order valence-corrected chi connectivity index (χ2v) is 4.74. The lowest BCUT2D eigenvalue weighted by Crippen LogP contribution is -2.33. The number of nitrogens with one attached hydrogen (secondary N) is 1. The summed E-state index contributed by atoms with van der Waals surface area (Å²) in [5.74, 6) is -0.111. The smallest absolute Gasteiger partial charge is 0.272 e. The van der Waals surface area contributed by atoms with Gasteiger partial charge in [0.05, 0.1) is 5.52 Å². The minimum absolute atomic E-state index is 0.111. The highest BCUT2D eigenvalue weighted by Gasteiger charge is 2.18. The number of amides is 1. The molecular weight excluding hydrogens is 226 g/mol. The van der Waals surface area contributed by atoms with Crippen LogP contribution < -0.4 is 5.32 Å². The van der Waals surface area contributed by atoms with Gasteiger partial charge in [0, 0.05) is 11.4 Å². The quantitative estimate of drug-likeness (QED) is 0.877. The van der Waals surface area contributed by atoms with Gasteiger partial charge in [0.25, 0.3) is 5.91 Å². The Morgan fingerprint density at radius 1 is 1.17 bits per heavy atom. The zero-order valence-electron chi connectivity index (χ0n) is 10.1. The molecule has 4 nitrogen and oxygen atoms in total. The highest BCUT2D eigenvalue weighted by Crippen LogP contribution is 2.18. The predicted molar refractivity (Wildman–Crippen MR) is 69.3 cm³/mol. The Morgan fingerprint density at radius 3 is 2.78 bits per heavy atom. The molecule has 0 saturated heterocycles. The summed E-state index contributed by atoms with van der Waals surface area (Å²) >= 11 is 0. The first-order valence-corrected chi connectivity index (χ1v) is 6.36. The number of nitrogens with zero attached hydrogens (tertiary/aromatic N) is 2. The van der Waals surface area contributed by atoms with Crippen molar-refractivity contribution >= 4 is 16.8 Å². The molecule has 1 heterocycles. The van der Waals surface area contributed by atoms with Crippen molar-refractivity contribution in [2.45, 2.75) is 31.7 Å². The summed E-state index contributed by atoms with van der Waals surface area (Å²) in [4.78, 5) is 12.0. The number of fused-ring (bicyclic) bond motifs is 1. The summed E-state index contributed by atoms with van der Waals surface area (Å²) in [6.45, 7) is 0. The number of carbonyl (C=O) groups excluding carboxylic acids is 1. The van der Waals surface area contributed by atoms with E-state index in [0.717, 1.165) is 23.7 Å². The molecule has 0 spiro atoms. The average molecular weight is 241 g/mol. The normalized spacial score (nSPS) is 16.0. The molecule has 0 unspecified atom stereocenters. The van der Waals surface area contributed by atoms with Crippen molar-refractivity contribution in [3.63, 3.8) is 0 Å². The zero-order valence-corrected chi connectivity index (χ0v) is 10.1. The average Bonchev–Trinajstić information content (AvgIpc) is 2.91. The van der Waals surface area contributed by atoms with Gasteiger partial charge in [-0.25, -0.2) is 0 Å². The molecule has 92 valence electrons. The van der Waals surface area contributed by atoms with E-state index in [0.29, 0.717) is 11.7 Å². The van der Waals surface area contributed by atoms with Gasteiger partial charge in [-0.15, -0.1) is 10.2 Å². The maximum absolute atomic E-state index is 12.0. The Bertz CT molecular complexity index is 576. The summed E-state index contributed by atoms with van der Waals surface area (Å²) in [6, 6.07) is 9.79. The monoisotopic (exact) mass is 241 g/mol. The van der Waals surface area contributed by atoms with E-state index in [1.165, 1.54) is 12.8 Å². The fourth-order valence-electron chi connectivity index (χ4n) is 2.42. The molecular formula is C14H15N3O. The molecule has 1 aromatic heterocycles. The van der Waals surface area contributed by atoms with Crippen LogP contribution in [0.1, 0.15) is 36.2 Å². The van der Waals surface area contributed by atoms with Crippen LogP contribution in [0.15, 0.2) is 30.3 Å². The van der Waals surface area contributed by atoms with Gasteiger partial charge in [0.15, 0.2) is 5.69 Å². The Morgan fingerprint density at radius 2 is 1.94 bits per heavy atom. The Hall–Kier alpha value is -1.97. The SMILES string of the molecule is O=C(NC1CCCC1)c1cc2ccccc2nn1. The fraction of sp³-hybridized carbons (Fsp3) is 0.357. The number of benzene rings is 1. The third-order valence-electron chi connectivity index (χ3n) is 3.42. The van der Waals surface area contributed by atoms with Gasteiger partial charge in [-0.2, -0.15) is 0 Å². The first-order chi connectivity index (χ1) is 8.83. The topological polar surface area (TPSA) is 54.9 Å². The lowest BCUT2D eigenvalue weighted by Gasteiger charge is -2.11. The van der Waals surface area contributed by atoms with Gasteiger partial charge in [0.1, 0.15) is 0 Å². The summed E-state index contributed by atoms with van der Waals surface area (Å²) in [5, 5.41) is 12.0. The molecule has 0 bridgehead atoms. The fourth-order valence-corrected chi connectivity index (χ4v) is 2.42. The summed E-state index contributed by atoms with van der Waals surface area (Å²) < 4.78 is 0. The van der Waals surface area contributed by atoms with Gasteiger partial charge in [-0.3, -0.25) is 4.79 Å². The van der Waals surface area contributed by atoms with Gasteiger partial charge in [-0.1, -0.05) is 31.0 Å². The van der Waals surface area contributed by atoms with E-state index in [1.54, 1.807) is 6.07 Å². The molecule has 2 aromatic rings. The second kappa shape index (κ2) is 4.72. The van der Waals surface area contributed by atoms with Crippen LogP contribution in [0, 0.1) is 0 Å². The number of hydrogen-bond acceptors (Lipinski definition) is 3. The number of hydrogen-bond donors (Lipinski definition) is 1. The van der Waals surface area contributed by atoms with Gasteiger partial charge in [0.2, 0.25) is 0 Å². The third-order valence-corrected chi connectivity index (χ3v) is 3.42. The Labute approximate surface area is 105 Å². The van der Waals surface area contributed by atoms with E-state index in [-0.39, 0.29) is 5.91 Å². The standard InChI is InChI=1S/C14H15N3O/c18-14(15-11-6-2-3-7-11)13-9-10-5-1-4-8-12(10)16-17-13/h1,4-5,8-9,11H,2-3,6-7H2,(H,15,18). The number of carbonyl (C=O) groups is 1. The van der Waals surface area contributed by atoms with Crippen molar-refractivity contribution < 1.29 is 4.79 Å². The third kappa shape index (κ3) is 2.18. The summed E-state index contributed by atoms with van der Waals surface area (Å²) in [6.07, 6.45) is 4.56. The van der Waals surface area contributed by atoms with Crippen LogP contribution in [0.4, 0.5) is 0 Å². The van der Waals surface area contributed by atoms with Crippen LogP contribution in [0.2, 0.25) is 0 Å². The molecule has 4 heteroatoms. The van der Waals surface area contributed by atoms with Crippen molar-refractivity contribution in [1.29, 1.82) is 0 Å². The molecule has 18 heavy (non-hydrogen) atoms. The second-order valence-electron chi connectivity index (χ2n) is 4.74. The minimum atomic E-state index is -0.111. The first kappa shape index (κ1) is 11.1. The van der Waals surface area contributed by atoms with E-state index in [4.69, 9.17) is 0 Å². The summed E-state index contributed by atoms with van der Waals surface area (Å²) in [5.41, 5.74) is 1.22. The molecule has 1 saturated carbocycles. The molecule has 3 rings (SSSR count). The van der Waals surface area contributed by atoms with E-state index in [2.05, 4.69) is 15.5 Å². The molecule has 1 aliphatic carbocycles. The van der Waals surface area contributed by atoms with E-state index >= 15 is 0 Å². The maximum Gasteiger partial charge on any atom is 0.272 e. The number of rotatable bonds is 2. The summed E-state index contributed by atoms with van der Waals surface area (Å²) in [7, 11) is 0. The molecule has 0 atom stereocenters. The molecule has 1 aromatic carbocycles. The van der Waals surface area contributed by atoms with Crippen LogP contribution in [-0.2, 0) is 0 Å². The molecule has 1 N–H and O–H groups in total. The van der Waals surface area contributed by atoms with Gasteiger partial charge in [-0.05, 0) is 25.0 Å². The van der Waals surface area contributed by atoms with Crippen molar-refractivity contribution in [3.05, 3.63) is 36.0 Å². The maximum atomic E-state index is 12.0. The lowest BCUT2D eigenvalue weighted by molar-refractivity contribution is 0.0932. The highest BCUT2D eigenvalue weighted by molar-refractivity contribution is 5.95. The van der Waals surface area contributed by atoms with Crippen LogP contribution in [0.5, 0.6) is 0 Å². The van der Waals surface area contributed by atoms with Crippen LogP contribution in [0.3, 0.4) is 0 Å². The highest BCUT2D eigenvalue weighted by atomic mass is 16.2. The van der Waals surface area contributed by atoms with Crippen LogP contribution >= 0.6 is 0 Å². The van der Waals surface area contributed by atoms with Crippen molar-refractivity contribution in [2.75, 3.05) is 0 Å². The van der Waals surface area contributed by atoms with E-state index in [1.807, 2.05) is 24.3 Å². The Kier molecular flexibility index (Phi) is 2.92. The lowest BCUT2D eigenvalue weighted by atomic mass is 10.2. The molecule has 1 fully saturated rings. The molecule has 1 aliphatic rings. The van der Waals surface area contributed by atoms with Crippen molar-refractivity contribution in [1.82, 2.24) is 15.5 Å². The van der Waals surface area contributed by atoms with Crippen molar-refractivity contribution in [3.8, 4) is 0 Å². The zero-order chi connectivity index (χ0) is 12.4. The van der Waals surface area contributed by atoms with Crippen LogP contribution in [0.25, 0.3) is 10.9 Å². The first-order valence-electron chi connectivity index (χ1n) is 6.36. The number of aromatic nitrogens is 2. The van der Waals surface area contributed by atoms with Gasteiger partial charge < -0.3 is 5.32 Å². The predicted octanol–water partition coefficient (Wildman–Crippen LogP) is 2.30. The van der Waals surface area contributed by atoms with Crippen LogP contribution in [-0.4, -0.2) is 22.1 Å². The molecule has 1 amide bonds. The molecule has 0 aliphatic heterocycles. The molecule has 0 radical (unpaired) electrons. The largest absolute Gasteiger partial charge is 0.348 e. The Balaban J connectivity index is 1.82. The van der Waals surface area contributed by atoms with Gasteiger partial charge >= 0.3 is 0 Å². The minimum Gasteiger partial charge on any atom is -0.348 e. The van der Waals surface area contributed by atoms with E-state index in [9.17, 15) is 4.79 Å².